The van der Waals surface area contributed by atoms with Crippen LogP contribution in [0.5, 0.6) is 0 Å². The SMILES string of the molecule is Cc1ccccc1CCNCC(C)(C)N. The van der Waals surface area contributed by atoms with E-state index in [1.807, 2.05) is 13.8 Å². The topological polar surface area (TPSA) is 38.0 Å². The fourth-order valence-electron chi connectivity index (χ4n) is 1.52. The lowest BCUT2D eigenvalue weighted by Gasteiger charge is -2.19. The maximum atomic E-state index is 5.88. The summed E-state index contributed by atoms with van der Waals surface area (Å²) < 4.78 is 0. The molecular weight excluding hydrogens is 184 g/mol. The third kappa shape index (κ3) is 4.96. The van der Waals surface area contributed by atoms with Crippen LogP contribution < -0.4 is 11.1 Å². The van der Waals surface area contributed by atoms with Gasteiger partial charge in [0.15, 0.2) is 0 Å². The Balaban J connectivity index is 2.30. The average Bonchev–Trinajstić information content (AvgIpc) is 2.13. The zero-order chi connectivity index (χ0) is 11.3. The Morgan fingerprint density at radius 2 is 1.93 bits per heavy atom. The molecule has 2 nitrogen and oxygen atoms in total. The highest BCUT2D eigenvalue weighted by Crippen LogP contribution is 2.06. The van der Waals surface area contributed by atoms with E-state index in [4.69, 9.17) is 5.73 Å². The van der Waals surface area contributed by atoms with E-state index < -0.39 is 0 Å². The van der Waals surface area contributed by atoms with Gasteiger partial charge in [0.25, 0.3) is 0 Å². The van der Waals surface area contributed by atoms with Crippen molar-refractivity contribution in [2.24, 2.45) is 5.73 Å². The maximum Gasteiger partial charge on any atom is 0.0223 e. The van der Waals surface area contributed by atoms with Crippen LogP contribution in [0.15, 0.2) is 24.3 Å². The van der Waals surface area contributed by atoms with Gasteiger partial charge in [-0.25, -0.2) is 0 Å². The second-order valence-corrected chi connectivity index (χ2v) is 4.84. The van der Waals surface area contributed by atoms with Crippen molar-refractivity contribution >= 4 is 0 Å². The summed E-state index contributed by atoms with van der Waals surface area (Å²) in [5.41, 5.74) is 8.55. The van der Waals surface area contributed by atoms with Gasteiger partial charge in [0.1, 0.15) is 0 Å². The predicted molar refractivity (Wildman–Crippen MR) is 66.0 cm³/mol. The summed E-state index contributed by atoms with van der Waals surface area (Å²) in [4.78, 5) is 0. The number of nitrogens with one attached hydrogen (secondary N) is 1. The first-order valence-corrected chi connectivity index (χ1v) is 5.53. The number of rotatable bonds is 5. The predicted octanol–water partition coefficient (Wildman–Crippen LogP) is 1.86. The molecule has 0 aromatic heterocycles. The lowest BCUT2D eigenvalue weighted by molar-refractivity contribution is 0.469. The van der Waals surface area contributed by atoms with Crippen LogP contribution in [0, 0.1) is 6.92 Å². The van der Waals surface area contributed by atoms with Crippen molar-refractivity contribution in [3.8, 4) is 0 Å². The molecule has 84 valence electrons. The quantitative estimate of drug-likeness (QED) is 0.722. The molecule has 0 fully saturated rings. The molecule has 0 aliphatic heterocycles. The van der Waals surface area contributed by atoms with Gasteiger partial charge in [-0.2, -0.15) is 0 Å². The number of aryl methyl sites for hydroxylation is 1. The summed E-state index contributed by atoms with van der Waals surface area (Å²) in [5, 5.41) is 3.38. The van der Waals surface area contributed by atoms with Gasteiger partial charge in [-0.3, -0.25) is 0 Å². The first kappa shape index (κ1) is 12.2. The molecule has 1 rings (SSSR count). The Hall–Kier alpha value is -0.860. The molecule has 0 spiro atoms. The molecule has 0 bridgehead atoms. The van der Waals surface area contributed by atoms with Crippen molar-refractivity contribution in [3.05, 3.63) is 35.4 Å². The van der Waals surface area contributed by atoms with Crippen LogP contribution in [0.2, 0.25) is 0 Å². The second kappa shape index (κ2) is 5.29. The summed E-state index contributed by atoms with van der Waals surface area (Å²) in [7, 11) is 0. The summed E-state index contributed by atoms with van der Waals surface area (Å²) in [6, 6.07) is 8.51. The standard InChI is InChI=1S/C13H22N2/c1-11-6-4-5-7-12(11)8-9-15-10-13(2,3)14/h4-7,15H,8-10,14H2,1-3H3. The Morgan fingerprint density at radius 1 is 1.27 bits per heavy atom. The molecule has 0 aliphatic rings. The van der Waals surface area contributed by atoms with E-state index in [0.29, 0.717) is 0 Å². The van der Waals surface area contributed by atoms with Gasteiger partial charge in [0, 0.05) is 12.1 Å². The first-order valence-electron chi connectivity index (χ1n) is 5.53. The highest BCUT2D eigenvalue weighted by Gasteiger charge is 2.08. The Bertz CT molecular complexity index is 300. The van der Waals surface area contributed by atoms with Crippen LogP contribution in [0.4, 0.5) is 0 Å². The summed E-state index contributed by atoms with van der Waals surface area (Å²) in [5.74, 6) is 0. The Kier molecular flexibility index (Phi) is 4.30. The van der Waals surface area contributed by atoms with Gasteiger partial charge >= 0.3 is 0 Å². The zero-order valence-corrected chi connectivity index (χ0v) is 10.0. The van der Waals surface area contributed by atoms with E-state index in [2.05, 4.69) is 36.5 Å². The van der Waals surface area contributed by atoms with Crippen molar-refractivity contribution in [2.75, 3.05) is 13.1 Å². The highest BCUT2D eigenvalue weighted by molar-refractivity contribution is 5.25. The van der Waals surface area contributed by atoms with E-state index >= 15 is 0 Å². The highest BCUT2D eigenvalue weighted by atomic mass is 14.9. The van der Waals surface area contributed by atoms with Gasteiger partial charge in [-0.1, -0.05) is 24.3 Å². The minimum absolute atomic E-state index is 0.119. The molecule has 0 atom stereocenters. The van der Waals surface area contributed by atoms with Crippen LogP contribution in [-0.4, -0.2) is 18.6 Å². The van der Waals surface area contributed by atoms with Crippen LogP contribution in [0.1, 0.15) is 25.0 Å². The number of nitrogens with two attached hydrogens (primary N) is 1. The lowest BCUT2D eigenvalue weighted by Crippen LogP contribution is -2.43. The lowest BCUT2D eigenvalue weighted by atomic mass is 10.1. The van der Waals surface area contributed by atoms with Gasteiger partial charge < -0.3 is 11.1 Å². The molecule has 0 radical (unpaired) electrons. The first-order chi connectivity index (χ1) is 6.99. The van der Waals surface area contributed by atoms with Crippen LogP contribution in [0.3, 0.4) is 0 Å². The maximum absolute atomic E-state index is 5.88. The van der Waals surface area contributed by atoms with Gasteiger partial charge in [0.2, 0.25) is 0 Å². The number of hydrogen-bond acceptors (Lipinski definition) is 2. The van der Waals surface area contributed by atoms with Gasteiger partial charge in [-0.15, -0.1) is 0 Å². The molecule has 1 aromatic rings. The summed E-state index contributed by atoms with van der Waals surface area (Å²) in [6.45, 7) is 8.08. The molecule has 15 heavy (non-hydrogen) atoms. The molecule has 0 saturated heterocycles. The van der Waals surface area contributed by atoms with E-state index in [1.165, 1.54) is 11.1 Å². The second-order valence-electron chi connectivity index (χ2n) is 4.84. The summed E-state index contributed by atoms with van der Waals surface area (Å²) >= 11 is 0. The van der Waals surface area contributed by atoms with Crippen LogP contribution in [-0.2, 0) is 6.42 Å². The average molecular weight is 206 g/mol. The van der Waals surface area contributed by atoms with E-state index in [9.17, 15) is 0 Å². The fourth-order valence-corrected chi connectivity index (χ4v) is 1.52. The molecule has 0 aliphatic carbocycles. The van der Waals surface area contributed by atoms with E-state index in [0.717, 1.165) is 19.5 Å². The van der Waals surface area contributed by atoms with Gasteiger partial charge in [-0.05, 0) is 44.9 Å². The number of benzene rings is 1. The molecule has 2 heteroatoms. The van der Waals surface area contributed by atoms with Crippen molar-refractivity contribution in [1.82, 2.24) is 5.32 Å². The molecule has 1 aromatic carbocycles. The minimum Gasteiger partial charge on any atom is -0.324 e. The van der Waals surface area contributed by atoms with Gasteiger partial charge in [0.05, 0.1) is 0 Å². The van der Waals surface area contributed by atoms with Crippen molar-refractivity contribution in [2.45, 2.75) is 32.7 Å². The van der Waals surface area contributed by atoms with Crippen LogP contribution in [0.25, 0.3) is 0 Å². The molecule has 0 unspecified atom stereocenters. The van der Waals surface area contributed by atoms with Crippen LogP contribution >= 0.6 is 0 Å². The van der Waals surface area contributed by atoms with E-state index in [-0.39, 0.29) is 5.54 Å². The largest absolute Gasteiger partial charge is 0.324 e. The monoisotopic (exact) mass is 206 g/mol. The summed E-state index contributed by atoms with van der Waals surface area (Å²) in [6.07, 6.45) is 1.07. The molecule has 0 heterocycles. The Morgan fingerprint density at radius 3 is 2.53 bits per heavy atom. The molecule has 3 N–H and O–H groups in total. The minimum atomic E-state index is -0.119. The Labute approximate surface area is 92.9 Å². The number of hydrogen-bond donors (Lipinski definition) is 2. The molecule has 0 saturated carbocycles. The normalized spacial score (nSPS) is 11.7. The van der Waals surface area contributed by atoms with Crippen molar-refractivity contribution < 1.29 is 0 Å². The van der Waals surface area contributed by atoms with E-state index in [1.54, 1.807) is 0 Å². The third-order valence-corrected chi connectivity index (χ3v) is 2.41. The molecule has 0 amide bonds. The zero-order valence-electron chi connectivity index (χ0n) is 10.0. The smallest absolute Gasteiger partial charge is 0.0223 e. The molecular formula is C13H22N2. The fraction of sp³-hybridized carbons (Fsp3) is 0.538. The van der Waals surface area contributed by atoms with Crippen molar-refractivity contribution in [3.63, 3.8) is 0 Å². The third-order valence-electron chi connectivity index (χ3n) is 2.41. The van der Waals surface area contributed by atoms with Crippen molar-refractivity contribution in [1.29, 1.82) is 0 Å².